The Morgan fingerprint density at radius 1 is 1.08 bits per heavy atom. The van der Waals surface area contributed by atoms with E-state index in [1.54, 1.807) is 0 Å². The van der Waals surface area contributed by atoms with Crippen molar-refractivity contribution in [2.24, 2.45) is 0 Å². The molecule has 2 aromatic carbocycles. The Labute approximate surface area is 143 Å². The van der Waals surface area contributed by atoms with Crippen LogP contribution < -0.4 is 4.74 Å². The van der Waals surface area contributed by atoms with E-state index in [2.05, 4.69) is 0 Å². The van der Waals surface area contributed by atoms with Gasteiger partial charge in [-0.2, -0.15) is 0 Å². The van der Waals surface area contributed by atoms with Crippen LogP contribution in [0.3, 0.4) is 0 Å². The third-order valence-corrected chi connectivity index (χ3v) is 4.14. The van der Waals surface area contributed by atoms with E-state index in [4.69, 9.17) is 9.47 Å². The molecule has 0 saturated carbocycles. The topological polar surface area (TPSA) is 38.8 Å². The van der Waals surface area contributed by atoms with E-state index >= 15 is 0 Å². The number of rotatable bonds is 6. The summed E-state index contributed by atoms with van der Waals surface area (Å²) in [7, 11) is 0. The highest BCUT2D eigenvalue weighted by Crippen LogP contribution is 2.22. The van der Waals surface area contributed by atoms with Crippen LogP contribution in [0.25, 0.3) is 0 Å². The SMILES string of the molecule is O=C(CCCOc1ccccc1)N1CCOC(c2ccccc2)C1. The molecule has 1 saturated heterocycles. The fraction of sp³-hybridized carbons (Fsp3) is 0.350. The number of nitrogens with zero attached hydrogens (tertiary/aromatic N) is 1. The highest BCUT2D eigenvalue weighted by atomic mass is 16.5. The van der Waals surface area contributed by atoms with Crippen LogP contribution in [0, 0.1) is 0 Å². The second-order valence-electron chi connectivity index (χ2n) is 5.87. The molecular weight excluding hydrogens is 302 g/mol. The normalized spacial score (nSPS) is 17.5. The van der Waals surface area contributed by atoms with Gasteiger partial charge in [0.05, 0.1) is 19.8 Å². The Morgan fingerprint density at radius 3 is 2.54 bits per heavy atom. The number of morpholine rings is 1. The first-order chi connectivity index (χ1) is 11.8. The van der Waals surface area contributed by atoms with E-state index in [0.29, 0.717) is 32.7 Å². The van der Waals surface area contributed by atoms with E-state index in [1.807, 2.05) is 65.6 Å². The summed E-state index contributed by atoms with van der Waals surface area (Å²) < 4.78 is 11.4. The number of carbonyl (C=O) groups excluding carboxylic acids is 1. The van der Waals surface area contributed by atoms with Crippen LogP contribution in [-0.4, -0.2) is 37.1 Å². The van der Waals surface area contributed by atoms with Crippen molar-refractivity contribution < 1.29 is 14.3 Å². The lowest BCUT2D eigenvalue weighted by Crippen LogP contribution is -2.42. The number of amides is 1. The van der Waals surface area contributed by atoms with Crippen LogP contribution in [0.1, 0.15) is 24.5 Å². The van der Waals surface area contributed by atoms with E-state index in [9.17, 15) is 4.79 Å². The van der Waals surface area contributed by atoms with Crippen LogP contribution in [0.2, 0.25) is 0 Å². The van der Waals surface area contributed by atoms with E-state index < -0.39 is 0 Å². The second kappa shape index (κ2) is 8.50. The standard InChI is InChI=1S/C20H23NO3/c22-20(12-7-14-23-18-10-5-2-6-11-18)21-13-15-24-19(16-21)17-8-3-1-4-9-17/h1-6,8-11,19H,7,12-16H2. The average molecular weight is 325 g/mol. The van der Waals surface area contributed by atoms with Crippen molar-refractivity contribution >= 4 is 5.91 Å². The summed E-state index contributed by atoms with van der Waals surface area (Å²) in [6.45, 7) is 2.44. The molecule has 1 aliphatic heterocycles. The molecule has 0 aliphatic carbocycles. The van der Waals surface area contributed by atoms with E-state index in [0.717, 1.165) is 17.7 Å². The molecule has 1 aliphatic rings. The Bertz CT molecular complexity index is 630. The van der Waals surface area contributed by atoms with Gasteiger partial charge in [-0.15, -0.1) is 0 Å². The van der Waals surface area contributed by atoms with Crippen LogP contribution in [-0.2, 0) is 9.53 Å². The summed E-state index contributed by atoms with van der Waals surface area (Å²) in [6, 6.07) is 19.8. The molecule has 0 spiro atoms. The van der Waals surface area contributed by atoms with Gasteiger partial charge in [0.2, 0.25) is 5.91 Å². The first kappa shape index (κ1) is 16.5. The van der Waals surface area contributed by atoms with Gasteiger partial charge in [0, 0.05) is 13.0 Å². The average Bonchev–Trinajstić information content (AvgIpc) is 2.67. The Hall–Kier alpha value is -2.33. The maximum absolute atomic E-state index is 12.4. The lowest BCUT2D eigenvalue weighted by Gasteiger charge is -2.33. The smallest absolute Gasteiger partial charge is 0.222 e. The maximum Gasteiger partial charge on any atom is 0.222 e. The zero-order valence-electron chi connectivity index (χ0n) is 13.8. The number of carbonyl (C=O) groups is 1. The Balaban J connectivity index is 1.43. The molecule has 3 rings (SSSR count). The van der Waals surface area contributed by atoms with Gasteiger partial charge in [0.15, 0.2) is 0 Å². The number of hydrogen-bond acceptors (Lipinski definition) is 3. The van der Waals surface area contributed by atoms with Gasteiger partial charge in [0.25, 0.3) is 0 Å². The molecule has 4 heteroatoms. The Morgan fingerprint density at radius 2 is 1.79 bits per heavy atom. The zero-order chi connectivity index (χ0) is 16.6. The highest BCUT2D eigenvalue weighted by molar-refractivity contribution is 5.76. The minimum Gasteiger partial charge on any atom is -0.494 e. The summed E-state index contributed by atoms with van der Waals surface area (Å²) >= 11 is 0. The molecule has 24 heavy (non-hydrogen) atoms. The molecule has 1 unspecified atom stereocenters. The number of benzene rings is 2. The predicted octanol–water partition coefficient (Wildman–Crippen LogP) is 3.45. The van der Waals surface area contributed by atoms with Gasteiger partial charge in [-0.25, -0.2) is 0 Å². The van der Waals surface area contributed by atoms with Crippen LogP contribution in [0.4, 0.5) is 0 Å². The minimum absolute atomic E-state index is 0.0236. The maximum atomic E-state index is 12.4. The second-order valence-corrected chi connectivity index (χ2v) is 5.87. The third kappa shape index (κ3) is 4.59. The molecule has 2 aromatic rings. The van der Waals surface area contributed by atoms with Crippen molar-refractivity contribution in [3.63, 3.8) is 0 Å². The van der Waals surface area contributed by atoms with Crippen molar-refractivity contribution in [3.05, 3.63) is 66.2 Å². The van der Waals surface area contributed by atoms with Crippen molar-refractivity contribution in [1.82, 2.24) is 4.90 Å². The lowest BCUT2D eigenvalue weighted by atomic mass is 10.1. The van der Waals surface area contributed by atoms with Crippen molar-refractivity contribution in [3.8, 4) is 5.75 Å². The van der Waals surface area contributed by atoms with Crippen molar-refractivity contribution in [2.75, 3.05) is 26.3 Å². The summed E-state index contributed by atoms with van der Waals surface area (Å²) in [5, 5.41) is 0. The molecule has 1 atom stereocenters. The van der Waals surface area contributed by atoms with E-state index in [-0.39, 0.29) is 12.0 Å². The molecule has 4 nitrogen and oxygen atoms in total. The molecule has 0 N–H and O–H groups in total. The molecule has 0 bridgehead atoms. The Kier molecular flexibility index (Phi) is 5.85. The van der Waals surface area contributed by atoms with Gasteiger partial charge < -0.3 is 14.4 Å². The quantitative estimate of drug-likeness (QED) is 0.764. The van der Waals surface area contributed by atoms with Gasteiger partial charge in [-0.3, -0.25) is 4.79 Å². The van der Waals surface area contributed by atoms with Crippen molar-refractivity contribution in [1.29, 1.82) is 0 Å². The summed E-state index contributed by atoms with van der Waals surface area (Å²) in [4.78, 5) is 14.3. The van der Waals surface area contributed by atoms with Crippen LogP contribution >= 0.6 is 0 Å². The molecular formula is C20H23NO3. The number of hydrogen-bond donors (Lipinski definition) is 0. The van der Waals surface area contributed by atoms with Gasteiger partial charge >= 0.3 is 0 Å². The zero-order valence-corrected chi connectivity index (χ0v) is 13.8. The molecule has 1 fully saturated rings. The molecule has 126 valence electrons. The minimum atomic E-state index is -0.0236. The predicted molar refractivity (Wildman–Crippen MR) is 92.9 cm³/mol. The first-order valence-corrected chi connectivity index (χ1v) is 8.45. The first-order valence-electron chi connectivity index (χ1n) is 8.45. The van der Waals surface area contributed by atoms with E-state index in [1.165, 1.54) is 0 Å². The monoisotopic (exact) mass is 325 g/mol. The summed E-state index contributed by atoms with van der Waals surface area (Å²) in [5.41, 5.74) is 1.13. The molecule has 1 heterocycles. The molecule has 1 amide bonds. The van der Waals surface area contributed by atoms with Crippen LogP contribution in [0.15, 0.2) is 60.7 Å². The largest absolute Gasteiger partial charge is 0.494 e. The number of para-hydroxylation sites is 1. The van der Waals surface area contributed by atoms with Gasteiger partial charge in [0.1, 0.15) is 11.9 Å². The van der Waals surface area contributed by atoms with Gasteiger partial charge in [-0.1, -0.05) is 48.5 Å². The highest BCUT2D eigenvalue weighted by Gasteiger charge is 2.24. The fourth-order valence-electron chi connectivity index (χ4n) is 2.83. The number of ether oxygens (including phenoxy) is 2. The lowest BCUT2D eigenvalue weighted by molar-refractivity contribution is -0.139. The summed E-state index contributed by atoms with van der Waals surface area (Å²) in [6.07, 6.45) is 1.21. The summed E-state index contributed by atoms with van der Waals surface area (Å²) in [5.74, 6) is 1.02. The van der Waals surface area contributed by atoms with Crippen LogP contribution in [0.5, 0.6) is 5.75 Å². The fourth-order valence-corrected chi connectivity index (χ4v) is 2.83. The molecule has 0 radical (unpaired) electrons. The van der Waals surface area contributed by atoms with Gasteiger partial charge in [-0.05, 0) is 24.1 Å². The van der Waals surface area contributed by atoms with Crippen molar-refractivity contribution in [2.45, 2.75) is 18.9 Å². The molecule has 0 aromatic heterocycles. The third-order valence-electron chi connectivity index (χ3n) is 4.14.